The third-order valence-electron chi connectivity index (χ3n) is 2.65. The Kier molecular flexibility index (Phi) is 5.31. The third-order valence-corrected chi connectivity index (χ3v) is 5.27. The number of rotatable bonds is 6. The Balaban J connectivity index is 2.47. The van der Waals surface area contributed by atoms with Gasteiger partial charge in [-0.3, -0.25) is 0 Å². The van der Waals surface area contributed by atoms with Gasteiger partial charge < -0.3 is 9.79 Å². The fraction of sp³-hybridized carbons (Fsp3) is 0.0909. The summed E-state index contributed by atoms with van der Waals surface area (Å²) in [4.78, 5) is 20.8. The fourth-order valence-corrected chi connectivity index (χ4v) is 4.26. The Bertz CT molecular complexity index is 819. The molecule has 0 aliphatic heterocycles. The number of hydrogen-bond donors (Lipinski definition) is 0. The van der Waals surface area contributed by atoms with Crippen molar-refractivity contribution >= 4 is 37.1 Å². The molecular formula is C11H8O8P2S. The van der Waals surface area contributed by atoms with E-state index in [-0.39, 0.29) is 4.90 Å². The zero-order valence-corrected chi connectivity index (χ0v) is 13.3. The van der Waals surface area contributed by atoms with Gasteiger partial charge in [0.1, 0.15) is 0 Å². The zero-order chi connectivity index (χ0) is 16.3. The molecule has 2 unspecified atom stereocenters. The summed E-state index contributed by atoms with van der Waals surface area (Å²) in [5, 5.41) is 1.32. The SMILES string of the molecule is O=[P+]([O-])OC(O[P+](=O)[O-])S(=O)(=O)c1ccc2ccccc2c1. The van der Waals surface area contributed by atoms with Crippen LogP contribution < -0.4 is 9.79 Å². The molecule has 0 aliphatic carbocycles. The maximum absolute atomic E-state index is 12.3. The van der Waals surface area contributed by atoms with E-state index in [1.165, 1.54) is 18.2 Å². The van der Waals surface area contributed by atoms with Crippen LogP contribution in [0, 0.1) is 0 Å². The second-order valence-corrected chi connectivity index (χ2v) is 7.26. The molecule has 0 aromatic heterocycles. The quantitative estimate of drug-likeness (QED) is 0.548. The average molecular weight is 362 g/mol. The molecule has 0 fully saturated rings. The summed E-state index contributed by atoms with van der Waals surface area (Å²) >= 11 is 0. The lowest BCUT2D eigenvalue weighted by Gasteiger charge is -2.09. The van der Waals surface area contributed by atoms with Crippen LogP contribution in [0.5, 0.6) is 0 Å². The predicted molar refractivity (Wildman–Crippen MR) is 72.3 cm³/mol. The highest BCUT2D eigenvalue weighted by molar-refractivity contribution is 7.92. The van der Waals surface area contributed by atoms with E-state index >= 15 is 0 Å². The van der Waals surface area contributed by atoms with E-state index in [1.807, 2.05) is 0 Å². The fourth-order valence-electron chi connectivity index (χ4n) is 1.73. The van der Waals surface area contributed by atoms with Crippen LogP contribution in [-0.4, -0.2) is 14.0 Å². The normalized spacial score (nSPS) is 14.6. The van der Waals surface area contributed by atoms with Gasteiger partial charge >= 0.3 is 22.1 Å². The molecule has 22 heavy (non-hydrogen) atoms. The van der Waals surface area contributed by atoms with Gasteiger partial charge in [-0.25, -0.2) is 8.42 Å². The summed E-state index contributed by atoms with van der Waals surface area (Å²) in [5.74, 6) is 0. The summed E-state index contributed by atoms with van der Waals surface area (Å²) in [7, 11) is -11.8. The molecule has 0 aliphatic rings. The van der Waals surface area contributed by atoms with Crippen LogP contribution >= 0.6 is 16.5 Å². The third kappa shape index (κ3) is 3.91. The first-order chi connectivity index (χ1) is 10.3. The van der Waals surface area contributed by atoms with Gasteiger partial charge in [0, 0.05) is 0 Å². The van der Waals surface area contributed by atoms with E-state index in [0.29, 0.717) is 5.39 Å². The molecule has 0 spiro atoms. The highest BCUT2D eigenvalue weighted by Gasteiger charge is 2.39. The van der Waals surface area contributed by atoms with Crippen LogP contribution in [-0.2, 0) is 28.0 Å². The minimum absolute atomic E-state index is 0.329. The Hall–Kier alpha value is -1.31. The molecular weight excluding hydrogens is 354 g/mol. The Morgan fingerprint density at radius 1 is 0.909 bits per heavy atom. The van der Waals surface area contributed by atoms with Crippen molar-refractivity contribution in [3.05, 3.63) is 42.5 Å². The van der Waals surface area contributed by atoms with Crippen LogP contribution in [0.25, 0.3) is 10.8 Å². The van der Waals surface area contributed by atoms with Crippen molar-refractivity contribution in [2.24, 2.45) is 0 Å². The zero-order valence-electron chi connectivity index (χ0n) is 10.7. The molecule has 116 valence electrons. The molecule has 2 aromatic rings. The molecule has 0 heterocycles. The van der Waals surface area contributed by atoms with Crippen LogP contribution in [0.15, 0.2) is 47.4 Å². The lowest BCUT2D eigenvalue weighted by atomic mass is 10.1. The second kappa shape index (κ2) is 6.85. The maximum Gasteiger partial charge on any atom is 0.492 e. The minimum Gasteiger partial charge on any atom is -0.566 e. The van der Waals surface area contributed by atoms with Gasteiger partial charge in [0.15, 0.2) is 0 Å². The average Bonchev–Trinajstić information content (AvgIpc) is 2.45. The van der Waals surface area contributed by atoms with Gasteiger partial charge in [-0.05, 0) is 32.0 Å². The van der Waals surface area contributed by atoms with Crippen molar-refractivity contribution in [2.45, 2.75) is 10.5 Å². The molecule has 0 bridgehead atoms. The summed E-state index contributed by atoms with van der Waals surface area (Å²) in [6, 6.07) is 10.8. The van der Waals surface area contributed by atoms with Gasteiger partial charge in [0.2, 0.25) is 9.84 Å². The monoisotopic (exact) mass is 362 g/mol. The number of hydrogen-bond acceptors (Lipinski definition) is 8. The summed E-state index contributed by atoms with van der Waals surface area (Å²) in [6.07, 6.45) is 0. The van der Waals surface area contributed by atoms with Crippen molar-refractivity contribution in [1.29, 1.82) is 0 Å². The largest absolute Gasteiger partial charge is 0.566 e. The first kappa shape index (κ1) is 17.1. The van der Waals surface area contributed by atoms with Crippen molar-refractivity contribution in [3.8, 4) is 0 Å². The number of fused-ring (bicyclic) bond motifs is 1. The molecule has 2 rings (SSSR count). The first-order valence-corrected chi connectivity index (χ1v) is 9.39. The minimum atomic E-state index is -4.49. The maximum atomic E-state index is 12.3. The second-order valence-electron chi connectivity index (χ2n) is 4.00. The van der Waals surface area contributed by atoms with Crippen LogP contribution in [0.3, 0.4) is 0 Å². The lowest BCUT2D eigenvalue weighted by Crippen LogP contribution is -2.25. The Morgan fingerprint density at radius 3 is 2.00 bits per heavy atom. The van der Waals surface area contributed by atoms with Crippen LogP contribution in [0.1, 0.15) is 0 Å². The van der Waals surface area contributed by atoms with E-state index in [2.05, 4.69) is 9.05 Å². The lowest BCUT2D eigenvalue weighted by molar-refractivity contribution is -0.206. The van der Waals surface area contributed by atoms with Gasteiger partial charge in [-0.2, -0.15) is 0 Å². The molecule has 0 amide bonds. The van der Waals surface area contributed by atoms with E-state index in [9.17, 15) is 27.3 Å². The topological polar surface area (TPSA) is 133 Å². The molecule has 8 nitrogen and oxygen atoms in total. The van der Waals surface area contributed by atoms with Crippen molar-refractivity contribution in [3.63, 3.8) is 0 Å². The van der Waals surface area contributed by atoms with Gasteiger partial charge in [0.05, 0.1) is 4.90 Å². The molecule has 11 heteroatoms. The smallest absolute Gasteiger partial charge is 0.492 e. The highest BCUT2D eigenvalue weighted by atomic mass is 32.2. The predicted octanol–water partition coefficient (Wildman–Crippen LogP) is 0.966. The van der Waals surface area contributed by atoms with E-state index in [1.54, 1.807) is 24.3 Å². The molecule has 0 saturated heterocycles. The molecule has 0 radical (unpaired) electrons. The number of sulfone groups is 1. The van der Waals surface area contributed by atoms with Crippen molar-refractivity contribution < 1.29 is 36.4 Å². The molecule has 2 aromatic carbocycles. The van der Waals surface area contributed by atoms with Crippen LogP contribution in [0.4, 0.5) is 0 Å². The Labute approximate surface area is 127 Å². The standard InChI is InChI=1S/C11H8O8P2S/c12-20(13)18-11(19-21(14)15)22(16,17)10-6-5-8-3-1-2-4-9(8)7-10/h1-7,11H. The van der Waals surface area contributed by atoms with Crippen LogP contribution in [0.2, 0.25) is 0 Å². The highest BCUT2D eigenvalue weighted by Crippen LogP contribution is 2.30. The van der Waals surface area contributed by atoms with Gasteiger partial charge in [-0.1, -0.05) is 39.4 Å². The summed E-state index contributed by atoms with van der Waals surface area (Å²) in [6.45, 7) is 0. The molecule has 2 atom stereocenters. The summed E-state index contributed by atoms with van der Waals surface area (Å²) in [5.41, 5.74) is -2.49. The van der Waals surface area contributed by atoms with E-state index in [0.717, 1.165) is 5.39 Å². The molecule has 0 saturated carbocycles. The van der Waals surface area contributed by atoms with E-state index < -0.39 is 32.0 Å². The van der Waals surface area contributed by atoms with Gasteiger partial charge in [-0.15, -0.1) is 0 Å². The first-order valence-electron chi connectivity index (χ1n) is 5.66. The number of benzene rings is 2. The van der Waals surface area contributed by atoms with E-state index in [4.69, 9.17) is 0 Å². The Morgan fingerprint density at radius 2 is 1.45 bits per heavy atom. The van der Waals surface area contributed by atoms with Gasteiger partial charge in [0.25, 0.3) is 0 Å². The van der Waals surface area contributed by atoms with Crippen molar-refractivity contribution in [2.75, 3.05) is 0 Å². The summed E-state index contributed by atoms with van der Waals surface area (Å²) < 4.78 is 53.7. The molecule has 0 N–H and O–H groups in total. The van der Waals surface area contributed by atoms with Crippen molar-refractivity contribution in [1.82, 2.24) is 0 Å².